The van der Waals surface area contributed by atoms with Gasteiger partial charge < -0.3 is 4.42 Å². The van der Waals surface area contributed by atoms with E-state index in [0.29, 0.717) is 10.2 Å². The summed E-state index contributed by atoms with van der Waals surface area (Å²) < 4.78 is 6.46. The zero-order valence-corrected chi connectivity index (χ0v) is 10.6. The Kier molecular flexibility index (Phi) is 3.02. The van der Waals surface area contributed by atoms with Crippen LogP contribution in [0.1, 0.15) is 16.2 Å². The molecule has 0 saturated heterocycles. The Morgan fingerprint density at radius 1 is 1.40 bits per heavy atom. The lowest BCUT2D eigenvalue weighted by molar-refractivity contribution is 0.100. The molecule has 2 aromatic heterocycles. The quantitative estimate of drug-likeness (QED) is 0.792. The highest BCUT2D eigenvalue weighted by Crippen LogP contribution is 2.21. The topological polar surface area (TPSA) is 43.1 Å². The predicted octanol–water partition coefficient (Wildman–Crippen LogP) is 3.43. The zero-order chi connectivity index (χ0) is 10.8. The maximum absolute atomic E-state index is 11.8. The van der Waals surface area contributed by atoms with Crippen LogP contribution in [0.25, 0.3) is 0 Å². The molecule has 0 aliphatic carbocycles. The predicted molar refractivity (Wildman–Crippen MR) is 61.8 cm³/mol. The maximum atomic E-state index is 11.8. The second kappa shape index (κ2) is 4.28. The van der Waals surface area contributed by atoms with Crippen molar-refractivity contribution >= 4 is 37.6 Å². The molecule has 0 aromatic carbocycles. The van der Waals surface area contributed by atoms with Crippen LogP contribution >= 0.6 is 31.9 Å². The SMILES string of the molecule is O=C(c1ccco1)c1ncc(Br)cc1Br. The number of aromatic nitrogens is 1. The van der Waals surface area contributed by atoms with Crippen LogP contribution in [0.2, 0.25) is 0 Å². The molecule has 15 heavy (non-hydrogen) atoms. The van der Waals surface area contributed by atoms with E-state index in [1.54, 1.807) is 24.4 Å². The number of ketones is 1. The molecule has 0 radical (unpaired) electrons. The van der Waals surface area contributed by atoms with Crippen molar-refractivity contribution in [1.29, 1.82) is 0 Å². The molecule has 0 unspecified atom stereocenters. The van der Waals surface area contributed by atoms with Gasteiger partial charge in [-0.3, -0.25) is 9.78 Å². The molecule has 2 rings (SSSR count). The molecule has 0 N–H and O–H groups in total. The lowest BCUT2D eigenvalue weighted by atomic mass is 10.2. The van der Waals surface area contributed by atoms with Crippen molar-refractivity contribution in [3.63, 3.8) is 0 Å². The summed E-state index contributed by atoms with van der Waals surface area (Å²) >= 11 is 6.55. The summed E-state index contributed by atoms with van der Waals surface area (Å²) in [5.41, 5.74) is 0.341. The molecule has 0 aliphatic rings. The van der Waals surface area contributed by atoms with Crippen LogP contribution in [0.15, 0.2) is 44.0 Å². The van der Waals surface area contributed by atoms with Crippen LogP contribution in [0, 0.1) is 0 Å². The van der Waals surface area contributed by atoms with Crippen molar-refractivity contribution in [3.05, 3.63) is 51.1 Å². The van der Waals surface area contributed by atoms with Gasteiger partial charge in [0.1, 0.15) is 5.69 Å². The first-order valence-corrected chi connectivity index (χ1v) is 5.66. The Morgan fingerprint density at radius 3 is 2.80 bits per heavy atom. The van der Waals surface area contributed by atoms with Crippen molar-refractivity contribution in [2.24, 2.45) is 0 Å². The third-order valence-electron chi connectivity index (χ3n) is 1.77. The molecule has 0 aliphatic heterocycles. The molecule has 0 amide bonds. The van der Waals surface area contributed by atoms with Gasteiger partial charge in [0.25, 0.3) is 0 Å². The zero-order valence-electron chi connectivity index (χ0n) is 7.41. The summed E-state index contributed by atoms with van der Waals surface area (Å²) in [5.74, 6) is 0.0462. The number of nitrogens with zero attached hydrogens (tertiary/aromatic N) is 1. The van der Waals surface area contributed by atoms with E-state index in [1.807, 2.05) is 0 Å². The Bertz CT molecular complexity index is 494. The van der Waals surface area contributed by atoms with Crippen LogP contribution < -0.4 is 0 Å². The standard InChI is InChI=1S/C10H5Br2NO2/c11-6-4-7(12)9(13-5-6)10(14)8-2-1-3-15-8/h1-5H. The van der Waals surface area contributed by atoms with E-state index in [-0.39, 0.29) is 11.5 Å². The number of pyridine rings is 1. The van der Waals surface area contributed by atoms with Gasteiger partial charge in [-0.1, -0.05) is 0 Å². The third kappa shape index (κ3) is 2.18. The number of halogens is 2. The molecule has 0 saturated carbocycles. The van der Waals surface area contributed by atoms with Gasteiger partial charge in [-0.2, -0.15) is 0 Å². The fourth-order valence-corrected chi connectivity index (χ4v) is 2.27. The maximum Gasteiger partial charge on any atom is 0.247 e. The first kappa shape index (κ1) is 10.6. The van der Waals surface area contributed by atoms with Crippen LogP contribution in [0.4, 0.5) is 0 Å². The van der Waals surface area contributed by atoms with E-state index in [0.717, 1.165) is 4.47 Å². The molecule has 3 nitrogen and oxygen atoms in total. The van der Waals surface area contributed by atoms with Gasteiger partial charge >= 0.3 is 0 Å². The second-order valence-electron chi connectivity index (χ2n) is 2.79. The molecular weight excluding hydrogens is 326 g/mol. The Hall–Kier alpha value is -0.940. The molecule has 76 valence electrons. The fraction of sp³-hybridized carbons (Fsp3) is 0. The lowest BCUT2D eigenvalue weighted by Gasteiger charge is -2.00. The smallest absolute Gasteiger partial charge is 0.247 e. The molecule has 5 heteroatoms. The minimum Gasteiger partial charge on any atom is -0.461 e. The van der Waals surface area contributed by atoms with Crippen molar-refractivity contribution in [3.8, 4) is 0 Å². The Balaban J connectivity index is 2.42. The highest BCUT2D eigenvalue weighted by Gasteiger charge is 2.16. The lowest BCUT2D eigenvalue weighted by Crippen LogP contribution is -2.03. The largest absolute Gasteiger partial charge is 0.461 e. The summed E-state index contributed by atoms with van der Waals surface area (Å²) in [6, 6.07) is 5.04. The summed E-state index contributed by atoms with van der Waals surface area (Å²) in [6.07, 6.45) is 3.03. The van der Waals surface area contributed by atoms with E-state index in [1.165, 1.54) is 6.26 Å². The van der Waals surface area contributed by atoms with Crippen molar-refractivity contribution in [1.82, 2.24) is 4.98 Å². The van der Waals surface area contributed by atoms with Gasteiger partial charge in [-0.15, -0.1) is 0 Å². The number of carbonyl (C=O) groups is 1. The first-order chi connectivity index (χ1) is 7.18. The van der Waals surface area contributed by atoms with E-state index < -0.39 is 0 Å². The number of carbonyl (C=O) groups excluding carboxylic acids is 1. The number of furan rings is 1. The second-order valence-corrected chi connectivity index (χ2v) is 4.56. The summed E-state index contributed by atoms with van der Waals surface area (Å²) in [7, 11) is 0. The monoisotopic (exact) mass is 329 g/mol. The van der Waals surface area contributed by atoms with Crippen molar-refractivity contribution in [2.45, 2.75) is 0 Å². The highest BCUT2D eigenvalue weighted by molar-refractivity contribution is 9.11. The van der Waals surface area contributed by atoms with Crippen LogP contribution in [0.5, 0.6) is 0 Å². The third-order valence-corrected chi connectivity index (χ3v) is 2.81. The van der Waals surface area contributed by atoms with Crippen LogP contribution in [-0.2, 0) is 0 Å². The van der Waals surface area contributed by atoms with Gasteiger partial charge in [0.2, 0.25) is 5.78 Å². The molecule has 2 aromatic rings. The first-order valence-electron chi connectivity index (χ1n) is 4.08. The summed E-state index contributed by atoms with van der Waals surface area (Å²) in [6.45, 7) is 0. The minimum atomic E-state index is -0.237. The summed E-state index contributed by atoms with van der Waals surface area (Å²) in [5, 5.41) is 0. The van der Waals surface area contributed by atoms with Gasteiger partial charge in [0.15, 0.2) is 5.76 Å². The normalized spacial score (nSPS) is 10.3. The Morgan fingerprint density at radius 2 is 2.20 bits per heavy atom. The molecule has 0 spiro atoms. The molecule has 0 atom stereocenters. The van der Waals surface area contributed by atoms with Crippen LogP contribution in [-0.4, -0.2) is 10.8 Å². The van der Waals surface area contributed by atoms with Crippen molar-refractivity contribution < 1.29 is 9.21 Å². The molecule has 2 heterocycles. The fourth-order valence-electron chi connectivity index (χ4n) is 1.11. The number of hydrogen-bond acceptors (Lipinski definition) is 3. The van der Waals surface area contributed by atoms with E-state index in [9.17, 15) is 4.79 Å². The average Bonchev–Trinajstić information content (AvgIpc) is 2.69. The van der Waals surface area contributed by atoms with E-state index in [2.05, 4.69) is 36.8 Å². The highest BCUT2D eigenvalue weighted by atomic mass is 79.9. The van der Waals surface area contributed by atoms with E-state index >= 15 is 0 Å². The van der Waals surface area contributed by atoms with Crippen molar-refractivity contribution in [2.75, 3.05) is 0 Å². The molecule has 0 bridgehead atoms. The van der Waals surface area contributed by atoms with E-state index in [4.69, 9.17) is 4.42 Å². The average molecular weight is 331 g/mol. The number of hydrogen-bond donors (Lipinski definition) is 0. The molecular formula is C10H5Br2NO2. The van der Waals surface area contributed by atoms with Gasteiger partial charge in [-0.05, 0) is 50.1 Å². The van der Waals surface area contributed by atoms with Gasteiger partial charge in [0.05, 0.1) is 6.26 Å². The molecule has 0 fully saturated rings. The van der Waals surface area contributed by atoms with Gasteiger partial charge in [-0.25, -0.2) is 0 Å². The summed E-state index contributed by atoms with van der Waals surface area (Å²) in [4.78, 5) is 15.9. The minimum absolute atomic E-state index is 0.237. The van der Waals surface area contributed by atoms with Crippen LogP contribution in [0.3, 0.4) is 0 Å². The Labute approximate surface area is 103 Å². The van der Waals surface area contributed by atoms with Gasteiger partial charge in [0, 0.05) is 15.1 Å². The number of rotatable bonds is 2.